The van der Waals surface area contributed by atoms with Crippen molar-refractivity contribution in [2.75, 3.05) is 0 Å². The van der Waals surface area contributed by atoms with Crippen LogP contribution in [0.25, 0.3) is 11.3 Å². The molecule has 0 aromatic carbocycles. The molecule has 0 unspecified atom stereocenters. The van der Waals surface area contributed by atoms with Crippen molar-refractivity contribution in [3.63, 3.8) is 0 Å². The Morgan fingerprint density at radius 1 is 1.12 bits per heavy atom. The third kappa shape index (κ3) is 4.41. The van der Waals surface area contributed by atoms with Gasteiger partial charge < -0.3 is 13.7 Å². The Balaban J connectivity index is 1.47. The Hall–Kier alpha value is -3.82. The van der Waals surface area contributed by atoms with E-state index in [0.717, 1.165) is 17.0 Å². The molecule has 0 amide bonds. The molecular formula is C23H25N7O3. The van der Waals surface area contributed by atoms with Gasteiger partial charge in [-0.15, -0.1) is 5.10 Å². The maximum atomic E-state index is 12.2. The lowest BCUT2D eigenvalue weighted by Crippen LogP contribution is -2.24. The number of carbonyl (C=O) groups excluding carboxylic acids is 2. The normalized spacial score (nSPS) is 14.1. The molecule has 1 saturated carbocycles. The van der Waals surface area contributed by atoms with Gasteiger partial charge in [-0.1, -0.05) is 5.21 Å². The average molecular weight is 447 g/mol. The molecule has 4 aromatic heterocycles. The summed E-state index contributed by atoms with van der Waals surface area (Å²) in [6, 6.07) is 2.12. The quantitative estimate of drug-likeness (QED) is 0.330. The van der Waals surface area contributed by atoms with Crippen molar-refractivity contribution in [2.45, 2.75) is 58.6 Å². The topological polar surface area (TPSA) is 109 Å². The van der Waals surface area contributed by atoms with Crippen LogP contribution in [-0.2, 0) is 11.3 Å². The average Bonchev–Trinajstić information content (AvgIpc) is 3.13. The number of carbonyl (C=O) groups is 2. The maximum absolute atomic E-state index is 12.2. The van der Waals surface area contributed by atoms with E-state index in [-0.39, 0.29) is 11.5 Å². The standard InChI is InChI=1S/C23H25N7O3/c1-14(31)18-11-29(13-24-18)20-7-16(15-5-6-15)8-28-9-17(25-21(20)28)10-30-12-19(26-27-30)22(32)33-23(2,3)4/h7-9,11-13,15H,5-6,10H2,1-4H3. The summed E-state index contributed by atoms with van der Waals surface area (Å²) in [6.07, 6.45) is 11.3. The van der Waals surface area contributed by atoms with E-state index in [1.165, 1.54) is 25.3 Å². The second kappa shape index (κ2) is 7.65. The highest BCUT2D eigenvalue weighted by Gasteiger charge is 2.26. The molecule has 1 aliphatic carbocycles. The SMILES string of the molecule is CC(=O)c1cn(-c2cc(C3CC3)cn3cc(Cn4cc(C(=O)OC(C)(C)C)nn4)nc23)cn1. The highest BCUT2D eigenvalue weighted by molar-refractivity contribution is 5.92. The van der Waals surface area contributed by atoms with Crippen LogP contribution in [-0.4, -0.2) is 51.3 Å². The summed E-state index contributed by atoms with van der Waals surface area (Å²) in [4.78, 5) is 33.0. The van der Waals surface area contributed by atoms with Crippen molar-refractivity contribution in [2.24, 2.45) is 0 Å². The summed E-state index contributed by atoms with van der Waals surface area (Å²) >= 11 is 0. The highest BCUT2D eigenvalue weighted by atomic mass is 16.6. The van der Waals surface area contributed by atoms with Crippen molar-refractivity contribution < 1.29 is 14.3 Å². The Labute approximate surface area is 190 Å². The highest BCUT2D eigenvalue weighted by Crippen LogP contribution is 2.41. The van der Waals surface area contributed by atoms with Crippen molar-refractivity contribution in [3.8, 4) is 5.69 Å². The van der Waals surface area contributed by atoms with Crippen LogP contribution in [0.5, 0.6) is 0 Å². The lowest BCUT2D eigenvalue weighted by Gasteiger charge is -2.18. The molecule has 0 saturated heterocycles. The van der Waals surface area contributed by atoms with Gasteiger partial charge in [0, 0.05) is 25.5 Å². The number of Topliss-reactive ketones (excluding diaryl/α,β-unsaturated/α-hetero) is 1. The van der Waals surface area contributed by atoms with Gasteiger partial charge in [0.1, 0.15) is 17.6 Å². The number of ether oxygens (including phenoxy) is 1. The summed E-state index contributed by atoms with van der Waals surface area (Å²) in [7, 11) is 0. The lowest BCUT2D eigenvalue weighted by atomic mass is 10.2. The zero-order chi connectivity index (χ0) is 23.3. The first kappa shape index (κ1) is 21.0. The molecule has 4 heterocycles. The van der Waals surface area contributed by atoms with Crippen molar-refractivity contribution >= 4 is 17.4 Å². The molecule has 0 spiro atoms. The first-order valence-corrected chi connectivity index (χ1v) is 10.9. The number of hydrogen-bond acceptors (Lipinski definition) is 7. The smallest absolute Gasteiger partial charge is 0.361 e. The summed E-state index contributed by atoms with van der Waals surface area (Å²) in [6.45, 7) is 7.26. The van der Waals surface area contributed by atoms with Crippen LogP contribution in [0.2, 0.25) is 0 Å². The summed E-state index contributed by atoms with van der Waals surface area (Å²) in [5.41, 5.74) is 3.56. The number of rotatable bonds is 6. The van der Waals surface area contributed by atoms with E-state index < -0.39 is 11.6 Å². The fraction of sp³-hybridized carbons (Fsp3) is 0.391. The largest absolute Gasteiger partial charge is 0.455 e. The second-order valence-corrected chi connectivity index (χ2v) is 9.42. The van der Waals surface area contributed by atoms with Gasteiger partial charge in [-0.3, -0.25) is 4.79 Å². The molecule has 0 atom stereocenters. The summed E-state index contributed by atoms with van der Waals surface area (Å²) < 4.78 is 10.8. The molecular weight excluding hydrogens is 422 g/mol. The van der Waals surface area contributed by atoms with Gasteiger partial charge >= 0.3 is 5.97 Å². The molecule has 170 valence electrons. The molecule has 10 nitrogen and oxygen atoms in total. The molecule has 0 N–H and O–H groups in total. The number of nitrogens with zero attached hydrogens (tertiary/aromatic N) is 7. The van der Waals surface area contributed by atoms with Crippen molar-refractivity contribution in [1.29, 1.82) is 0 Å². The minimum atomic E-state index is -0.603. The number of fused-ring (bicyclic) bond motifs is 1. The van der Waals surface area contributed by atoms with E-state index in [1.807, 2.05) is 15.2 Å². The number of esters is 1. The fourth-order valence-corrected chi connectivity index (χ4v) is 3.66. The molecule has 0 radical (unpaired) electrons. The van der Waals surface area contributed by atoms with E-state index in [0.29, 0.717) is 18.2 Å². The molecule has 10 heteroatoms. The van der Waals surface area contributed by atoms with Crippen LogP contribution in [0, 0.1) is 0 Å². The van der Waals surface area contributed by atoms with Crippen molar-refractivity contribution in [3.05, 3.63) is 59.8 Å². The van der Waals surface area contributed by atoms with Gasteiger partial charge in [0.15, 0.2) is 17.1 Å². The van der Waals surface area contributed by atoms with Crippen LogP contribution in [0.3, 0.4) is 0 Å². The van der Waals surface area contributed by atoms with E-state index in [2.05, 4.69) is 27.6 Å². The van der Waals surface area contributed by atoms with E-state index in [4.69, 9.17) is 9.72 Å². The van der Waals surface area contributed by atoms with Gasteiger partial charge in [-0.25, -0.2) is 19.4 Å². The second-order valence-electron chi connectivity index (χ2n) is 9.42. The predicted molar refractivity (Wildman–Crippen MR) is 119 cm³/mol. The Morgan fingerprint density at radius 3 is 2.58 bits per heavy atom. The molecule has 0 aliphatic heterocycles. The predicted octanol–water partition coefficient (Wildman–Crippen LogP) is 3.20. The van der Waals surface area contributed by atoms with Crippen molar-refractivity contribution in [1.82, 2.24) is 33.9 Å². The first-order valence-electron chi connectivity index (χ1n) is 10.9. The van der Waals surface area contributed by atoms with Gasteiger partial charge in [-0.2, -0.15) is 0 Å². The third-order valence-electron chi connectivity index (χ3n) is 5.34. The van der Waals surface area contributed by atoms with Crippen LogP contribution < -0.4 is 0 Å². The Bertz CT molecular complexity index is 1370. The van der Waals surface area contributed by atoms with Crippen LogP contribution in [0.15, 0.2) is 37.2 Å². The Morgan fingerprint density at radius 2 is 1.91 bits per heavy atom. The van der Waals surface area contributed by atoms with Crippen LogP contribution in [0.1, 0.15) is 78.7 Å². The van der Waals surface area contributed by atoms with E-state index in [1.54, 1.807) is 44.2 Å². The van der Waals surface area contributed by atoms with Gasteiger partial charge in [0.05, 0.1) is 24.1 Å². The van der Waals surface area contributed by atoms with Crippen LogP contribution >= 0.6 is 0 Å². The van der Waals surface area contributed by atoms with Crippen LogP contribution in [0.4, 0.5) is 0 Å². The lowest BCUT2D eigenvalue weighted by molar-refractivity contribution is 0.00626. The van der Waals surface area contributed by atoms with E-state index >= 15 is 0 Å². The molecule has 1 aliphatic rings. The molecule has 4 aromatic rings. The Kier molecular flexibility index (Phi) is 4.88. The fourth-order valence-electron chi connectivity index (χ4n) is 3.66. The molecule has 1 fully saturated rings. The van der Waals surface area contributed by atoms with Gasteiger partial charge in [0.25, 0.3) is 0 Å². The minimum absolute atomic E-state index is 0.0841. The van der Waals surface area contributed by atoms with Gasteiger partial charge in [0.2, 0.25) is 0 Å². The number of imidazole rings is 2. The number of aromatic nitrogens is 7. The minimum Gasteiger partial charge on any atom is -0.455 e. The molecule has 5 rings (SSSR count). The zero-order valence-corrected chi connectivity index (χ0v) is 19.0. The molecule has 33 heavy (non-hydrogen) atoms. The first-order chi connectivity index (χ1) is 15.7. The monoisotopic (exact) mass is 447 g/mol. The number of ketones is 1. The zero-order valence-electron chi connectivity index (χ0n) is 19.0. The summed E-state index contributed by atoms with van der Waals surface area (Å²) in [5.74, 6) is -0.0536. The molecule has 0 bridgehead atoms. The number of pyridine rings is 1. The number of hydrogen-bond donors (Lipinski definition) is 0. The van der Waals surface area contributed by atoms with E-state index in [9.17, 15) is 9.59 Å². The summed E-state index contributed by atoms with van der Waals surface area (Å²) in [5, 5.41) is 8.00. The maximum Gasteiger partial charge on any atom is 0.361 e. The third-order valence-corrected chi connectivity index (χ3v) is 5.34. The van der Waals surface area contributed by atoms with Gasteiger partial charge in [-0.05, 0) is 51.2 Å².